The summed E-state index contributed by atoms with van der Waals surface area (Å²) in [5.74, 6) is -0.990. The highest BCUT2D eigenvalue weighted by Gasteiger charge is 2.04. The Labute approximate surface area is 64.8 Å². The van der Waals surface area contributed by atoms with Crippen LogP contribution in [0.1, 0.15) is 5.56 Å². The van der Waals surface area contributed by atoms with E-state index in [1.54, 1.807) is 24.3 Å². The van der Waals surface area contributed by atoms with E-state index in [1.807, 2.05) is 0 Å². The van der Waals surface area contributed by atoms with Gasteiger partial charge in [0, 0.05) is 0 Å². The van der Waals surface area contributed by atoms with Crippen molar-refractivity contribution in [2.75, 3.05) is 0 Å². The largest absolute Gasteiger partial charge is 0.478 e. The maximum atomic E-state index is 10.4. The number of hydrogen-bond donors (Lipinski definition) is 1. The van der Waals surface area contributed by atoms with E-state index < -0.39 is 5.97 Å². The fourth-order valence-corrected chi connectivity index (χ4v) is 0.712. The second-order valence-corrected chi connectivity index (χ2v) is 2.07. The molecule has 2 nitrogen and oxygen atoms in total. The van der Waals surface area contributed by atoms with Gasteiger partial charge in [0.15, 0.2) is 0 Å². The van der Waals surface area contributed by atoms with Crippen molar-refractivity contribution in [3.8, 4) is 0 Å². The summed E-state index contributed by atoms with van der Waals surface area (Å²) in [5, 5.41) is 8.53. The Morgan fingerprint density at radius 1 is 1.45 bits per heavy atom. The summed E-state index contributed by atoms with van der Waals surface area (Å²) in [6.07, 6.45) is 0. The zero-order chi connectivity index (χ0) is 8.27. The van der Waals surface area contributed by atoms with E-state index in [9.17, 15) is 4.79 Å². The molecular formula is C9H7O2. The van der Waals surface area contributed by atoms with Gasteiger partial charge in [-0.1, -0.05) is 30.8 Å². The van der Waals surface area contributed by atoms with Crippen molar-refractivity contribution in [2.24, 2.45) is 0 Å². The molecule has 0 bridgehead atoms. The van der Waals surface area contributed by atoms with Gasteiger partial charge in [-0.2, -0.15) is 0 Å². The SMILES string of the molecule is C=C(C(=O)O)c1cc[c]cc1. The molecule has 55 valence electrons. The first-order valence-corrected chi connectivity index (χ1v) is 3.10. The Kier molecular flexibility index (Phi) is 2.06. The smallest absolute Gasteiger partial charge is 0.335 e. The quantitative estimate of drug-likeness (QED) is 0.645. The predicted octanol–water partition coefficient (Wildman–Crippen LogP) is 1.58. The van der Waals surface area contributed by atoms with Gasteiger partial charge in [-0.25, -0.2) is 4.79 Å². The molecule has 0 aliphatic heterocycles. The lowest BCUT2D eigenvalue weighted by molar-refractivity contribution is -0.130. The molecule has 0 fully saturated rings. The van der Waals surface area contributed by atoms with E-state index in [0.717, 1.165) is 0 Å². The van der Waals surface area contributed by atoms with Crippen LogP contribution in [-0.2, 0) is 4.79 Å². The van der Waals surface area contributed by atoms with Crippen molar-refractivity contribution in [1.29, 1.82) is 0 Å². The van der Waals surface area contributed by atoms with Gasteiger partial charge >= 0.3 is 5.97 Å². The van der Waals surface area contributed by atoms with E-state index in [4.69, 9.17) is 5.11 Å². The molecule has 0 aliphatic rings. The lowest BCUT2D eigenvalue weighted by atomic mass is 10.1. The molecule has 11 heavy (non-hydrogen) atoms. The predicted molar refractivity (Wildman–Crippen MR) is 41.9 cm³/mol. The molecule has 0 spiro atoms. The number of hydrogen-bond acceptors (Lipinski definition) is 1. The molecule has 0 aromatic heterocycles. The Hall–Kier alpha value is -1.57. The highest BCUT2D eigenvalue weighted by molar-refractivity contribution is 6.14. The number of rotatable bonds is 2. The summed E-state index contributed by atoms with van der Waals surface area (Å²) in [6, 6.07) is 9.43. The molecule has 1 aromatic rings. The lowest BCUT2D eigenvalue weighted by Crippen LogP contribution is -1.96. The molecule has 0 saturated heterocycles. The molecule has 0 saturated carbocycles. The van der Waals surface area contributed by atoms with E-state index in [-0.39, 0.29) is 5.57 Å². The Morgan fingerprint density at radius 3 is 2.45 bits per heavy atom. The lowest BCUT2D eigenvalue weighted by Gasteiger charge is -1.97. The summed E-state index contributed by atoms with van der Waals surface area (Å²) in [4.78, 5) is 10.4. The third-order valence-electron chi connectivity index (χ3n) is 1.32. The van der Waals surface area contributed by atoms with E-state index in [2.05, 4.69) is 12.6 Å². The Bertz CT molecular complexity index is 275. The van der Waals surface area contributed by atoms with Gasteiger partial charge in [0.1, 0.15) is 0 Å². The summed E-state index contributed by atoms with van der Waals surface area (Å²) in [7, 11) is 0. The molecule has 1 radical (unpaired) electrons. The molecule has 1 N–H and O–H groups in total. The standard InChI is InChI=1S/C9H7O2/c1-7(9(10)11)8-5-3-2-4-6-8/h3-6H,1H2,(H,10,11). The van der Waals surface area contributed by atoms with Crippen LogP contribution in [0.5, 0.6) is 0 Å². The van der Waals surface area contributed by atoms with Gasteiger partial charge < -0.3 is 5.11 Å². The van der Waals surface area contributed by atoms with Crippen LogP contribution in [0.4, 0.5) is 0 Å². The van der Waals surface area contributed by atoms with Crippen LogP contribution in [0.25, 0.3) is 5.57 Å². The van der Waals surface area contributed by atoms with Gasteiger partial charge in [0.25, 0.3) is 0 Å². The molecule has 2 heteroatoms. The highest BCUT2D eigenvalue weighted by atomic mass is 16.4. The molecule has 0 unspecified atom stereocenters. The second-order valence-electron chi connectivity index (χ2n) is 2.07. The van der Waals surface area contributed by atoms with Crippen molar-refractivity contribution >= 4 is 11.5 Å². The van der Waals surface area contributed by atoms with Crippen LogP contribution in [0, 0.1) is 6.07 Å². The van der Waals surface area contributed by atoms with Crippen molar-refractivity contribution in [3.63, 3.8) is 0 Å². The third-order valence-corrected chi connectivity index (χ3v) is 1.32. The average molecular weight is 147 g/mol. The number of benzene rings is 1. The fraction of sp³-hybridized carbons (Fsp3) is 0. The first kappa shape index (κ1) is 7.54. The minimum atomic E-state index is -0.990. The molecule has 1 rings (SSSR count). The van der Waals surface area contributed by atoms with Crippen molar-refractivity contribution in [1.82, 2.24) is 0 Å². The van der Waals surface area contributed by atoms with Gasteiger partial charge in [-0.3, -0.25) is 0 Å². The number of carbonyl (C=O) groups is 1. The molecule has 0 heterocycles. The number of carboxylic acid groups (broad SMARTS) is 1. The Morgan fingerprint density at radius 2 is 2.00 bits per heavy atom. The minimum Gasteiger partial charge on any atom is -0.478 e. The molecule has 0 atom stereocenters. The molecule has 0 amide bonds. The van der Waals surface area contributed by atoms with Crippen LogP contribution < -0.4 is 0 Å². The topological polar surface area (TPSA) is 37.3 Å². The number of aliphatic carboxylic acids is 1. The third kappa shape index (κ3) is 1.67. The van der Waals surface area contributed by atoms with E-state index in [1.165, 1.54) is 0 Å². The maximum Gasteiger partial charge on any atom is 0.335 e. The highest BCUT2D eigenvalue weighted by Crippen LogP contribution is 2.10. The van der Waals surface area contributed by atoms with Crippen LogP contribution in [0.3, 0.4) is 0 Å². The molecule has 1 aromatic carbocycles. The summed E-state index contributed by atoms with van der Waals surface area (Å²) >= 11 is 0. The summed E-state index contributed by atoms with van der Waals surface area (Å²) < 4.78 is 0. The monoisotopic (exact) mass is 147 g/mol. The summed E-state index contributed by atoms with van der Waals surface area (Å²) in [6.45, 7) is 3.41. The van der Waals surface area contributed by atoms with Gasteiger partial charge in [-0.15, -0.1) is 0 Å². The molecular weight excluding hydrogens is 140 g/mol. The minimum absolute atomic E-state index is 0.110. The molecule has 0 aliphatic carbocycles. The van der Waals surface area contributed by atoms with Gasteiger partial charge in [-0.05, 0) is 11.6 Å². The normalized spacial score (nSPS) is 9.09. The van der Waals surface area contributed by atoms with Crippen molar-refractivity contribution in [2.45, 2.75) is 0 Å². The zero-order valence-corrected chi connectivity index (χ0v) is 5.87. The van der Waals surface area contributed by atoms with Gasteiger partial charge in [0.05, 0.1) is 5.57 Å². The first-order chi connectivity index (χ1) is 5.22. The summed E-state index contributed by atoms with van der Waals surface area (Å²) in [5.41, 5.74) is 0.732. The fourth-order valence-electron chi connectivity index (χ4n) is 0.712. The van der Waals surface area contributed by atoms with Crippen LogP contribution in [0.15, 0.2) is 30.8 Å². The van der Waals surface area contributed by atoms with Crippen molar-refractivity contribution < 1.29 is 9.90 Å². The van der Waals surface area contributed by atoms with Crippen LogP contribution in [0.2, 0.25) is 0 Å². The van der Waals surface area contributed by atoms with Crippen LogP contribution in [-0.4, -0.2) is 11.1 Å². The maximum absolute atomic E-state index is 10.4. The number of carboxylic acids is 1. The second kappa shape index (κ2) is 3.01. The van der Waals surface area contributed by atoms with Crippen LogP contribution >= 0.6 is 0 Å². The first-order valence-electron chi connectivity index (χ1n) is 3.10. The average Bonchev–Trinajstić information content (AvgIpc) is 2.05. The van der Waals surface area contributed by atoms with E-state index >= 15 is 0 Å². The van der Waals surface area contributed by atoms with E-state index in [0.29, 0.717) is 5.56 Å². The van der Waals surface area contributed by atoms with Gasteiger partial charge in [0.2, 0.25) is 0 Å². The van der Waals surface area contributed by atoms with Crippen molar-refractivity contribution in [3.05, 3.63) is 42.5 Å². The zero-order valence-electron chi connectivity index (χ0n) is 5.87. The Balaban J connectivity index is 2.95.